The number of ether oxygens (including phenoxy) is 1. The van der Waals surface area contributed by atoms with E-state index in [0.29, 0.717) is 32.6 Å². The van der Waals surface area contributed by atoms with Crippen molar-refractivity contribution in [3.8, 4) is 5.75 Å². The summed E-state index contributed by atoms with van der Waals surface area (Å²) in [5.74, 6) is -1.02. The average Bonchev–Trinajstić information content (AvgIpc) is 3.08. The standard InChI is InChI=1S/C28H25Cl2NO4/c1-15(2)22-11-18(8-9-23(22)35-4)26(32)24-25(17-7-5-6-16(3)10-17)31(28(34)27(24)33)21-13-19(29)12-20(30)14-21/h5-15,25,32H,1-4H3/b26-24-. The number of hydrogen-bond donors (Lipinski definition) is 1. The van der Waals surface area contributed by atoms with Crippen molar-refractivity contribution in [2.45, 2.75) is 32.7 Å². The molecule has 1 fully saturated rings. The molecule has 4 rings (SSSR count). The quantitative estimate of drug-likeness (QED) is 0.227. The molecule has 5 nitrogen and oxygen atoms in total. The van der Waals surface area contributed by atoms with Crippen LogP contribution in [0.25, 0.3) is 5.76 Å². The minimum atomic E-state index is -0.867. The molecule has 1 saturated heterocycles. The van der Waals surface area contributed by atoms with Gasteiger partial charge in [0.2, 0.25) is 0 Å². The predicted molar refractivity (Wildman–Crippen MR) is 140 cm³/mol. The maximum atomic E-state index is 13.4. The highest BCUT2D eigenvalue weighted by molar-refractivity contribution is 6.52. The molecule has 1 aliphatic rings. The summed E-state index contributed by atoms with van der Waals surface area (Å²) in [5.41, 5.74) is 3.29. The number of halogens is 2. The Kier molecular flexibility index (Phi) is 6.93. The number of carbonyl (C=O) groups excluding carboxylic acids is 2. The minimum Gasteiger partial charge on any atom is -0.507 e. The van der Waals surface area contributed by atoms with Gasteiger partial charge in [-0.25, -0.2) is 0 Å². The van der Waals surface area contributed by atoms with Crippen molar-refractivity contribution in [1.29, 1.82) is 0 Å². The van der Waals surface area contributed by atoms with Gasteiger partial charge in [-0.1, -0.05) is 66.9 Å². The number of hydrogen-bond acceptors (Lipinski definition) is 4. The first kappa shape index (κ1) is 24.8. The highest BCUT2D eigenvalue weighted by Gasteiger charge is 2.47. The molecule has 0 saturated carbocycles. The largest absolute Gasteiger partial charge is 0.507 e. The summed E-state index contributed by atoms with van der Waals surface area (Å²) in [4.78, 5) is 28.1. The third-order valence-electron chi connectivity index (χ3n) is 6.05. The summed E-state index contributed by atoms with van der Waals surface area (Å²) in [6, 6.07) is 16.5. The van der Waals surface area contributed by atoms with Crippen LogP contribution in [0.1, 0.15) is 48.1 Å². The summed E-state index contributed by atoms with van der Waals surface area (Å²) in [6.07, 6.45) is 0. The maximum absolute atomic E-state index is 13.4. The maximum Gasteiger partial charge on any atom is 0.300 e. The van der Waals surface area contributed by atoms with E-state index in [0.717, 1.165) is 11.1 Å². The van der Waals surface area contributed by atoms with Gasteiger partial charge in [0.15, 0.2) is 0 Å². The van der Waals surface area contributed by atoms with Crippen molar-refractivity contribution in [1.82, 2.24) is 0 Å². The molecule has 0 aromatic heterocycles. The van der Waals surface area contributed by atoms with Gasteiger partial charge in [-0.15, -0.1) is 0 Å². The molecule has 7 heteroatoms. The second kappa shape index (κ2) is 9.76. The summed E-state index contributed by atoms with van der Waals surface area (Å²) in [6.45, 7) is 5.94. The van der Waals surface area contributed by atoms with Crippen LogP contribution in [-0.2, 0) is 9.59 Å². The first-order chi connectivity index (χ1) is 16.6. The van der Waals surface area contributed by atoms with Gasteiger partial charge >= 0.3 is 0 Å². The normalized spacial score (nSPS) is 17.3. The second-order valence-corrected chi connectivity index (χ2v) is 9.70. The van der Waals surface area contributed by atoms with Gasteiger partial charge in [0.05, 0.1) is 18.7 Å². The van der Waals surface area contributed by atoms with Gasteiger partial charge in [-0.05, 0) is 60.4 Å². The van der Waals surface area contributed by atoms with Crippen LogP contribution in [-0.4, -0.2) is 23.9 Å². The van der Waals surface area contributed by atoms with E-state index < -0.39 is 17.7 Å². The Morgan fingerprint density at radius 2 is 1.69 bits per heavy atom. The van der Waals surface area contributed by atoms with Crippen LogP contribution in [0.15, 0.2) is 66.2 Å². The molecular weight excluding hydrogens is 485 g/mol. The lowest BCUT2D eigenvalue weighted by atomic mass is 9.92. The topological polar surface area (TPSA) is 66.8 Å². The number of Topliss-reactive ketones (excluding diaryl/α,β-unsaturated/α-hetero) is 1. The highest BCUT2D eigenvalue weighted by Crippen LogP contribution is 2.44. The van der Waals surface area contributed by atoms with Gasteiger partial charge in [0.1, 0.15) is 11.5 Å². The summed E-state index contributed by atoms with van der Waals surface area (Å²) < 4.78 is 5.45. The number of amides is 1. The zero-order chi connectivity index (χ0) is 25.4. The van der Waals surface area contributed by atoms with Gasteiger partial charge in [0, 0.05) is 21.3 Å². The van der Waals surface area contributed by atoms with Crippen molar-refractivity contribution >= 4 is 46.3 Å². The molecule has 1 aliphatic heterocycles. The van der Waals surface area contributed by atoms with Crippen LogP contribution >= 0.6 is 23.2 Å². The Bertz CT molecular complexity index is 1340. The molecule has 1 N–H and O–H groups in total. The number of ketones is 1. The van der Waals surface area contributed by atoms with Crippen LogP contribution in [0.2, 0.25) is 10.0 Å². The molecule has 1 amide bonds. The third-order valence-corrected chi connectivity index (χ3v) is 6.49. The second-order valence-electron chi connectivity index (χ2n) is 8.82. The number of aliphatic hydroxyl groups excluding tert-OH is 1. The van der Waals surface area contributed by atoms with Crippen molar-refractivity contribution in [2.75, 3.05) is 12.0 Å². The molecule has 0 aliphatic carbocycles. The lowest BCUT2D eigenvalue weighted by Crippen LogP contribution is -2.29. The number of rotatable bonds is 5. The SMILES string of the molecule is COc1ccc(/C(O)=C2/C(=O)C(=O)N(c3cc(Cl)cc(Cl)c3)C2c2cccc(C)c2)cc1C(C)C. The van der Waals surface area contributed by atoms with Crippen molar-refractivity contribution < 1.29 is 19.4 Å². The number of carbonyl (C=O) groups is 2. The molecule has 1 atom stereocenters. The molecule has 0 bridgehead atoms. The summed E-state index contributed by atoms with van der Waals surface area (Å²) in [5, 5.41) is 12.1. The smallest absolute Gasteiger partial charge is 0.300 e. The Balaban J connectivity index is 1.97. The van der Waals surface area contributed by atoms with E-state index in [-0.39, 0.29) is 17.3 Å². The number of anilines is 1. The van der Waals surface area contributed by atoms with E-state index in [1.54, 1.807) is 43.5 Å². The molecule has 35 heavy (non-hydrogen) atoms. The Labute approximate surface area is 214 Å². The van der Waals surface area contributed by atoms with Crippen molar-refractivity contribution in [2.24, 2.45) is 0 Å². The van der Waals surface area contributed by atoms with E-state index in [4.69, 9.17) is 27.9 Å². The fourth-order valence-electron chi connectivity index (χ4n) is 4.42. The number of nitrogens with zero attached hydrogens (tertiary/aromatic N) is 1. The summed E-state index contributed by atoms with van der Waals surface area (Å²) in [7, 11) is 1.58. The molecule has 180 valence electrons. The Morgan fingerprint density at radius 1 is 1.00 bits per heavy atom. The average molecular weight is 510 g/mol. The van der Waals surface area contributed by atoms with Gasteiger partial charge < -0.3 is 9.84 Å². The fraction of sp³-hybridized carbons (Fsp3) is 0.214. The Morgan fingerprint density at radius 3 is 2.29 bits per heavy atom. The van der Waals surface area contributed by atoms with E-state index in [9.17, 15) is 14.7 Å². The van der Waals surface area contributed by atoms with Gasteiger partial charge in [-0.2, -0.15) is 0 Å². The zero-order valence-electron chi connectivity index (χ0n) is 19.8. The van der Waals surface area contributed by atoms with E-state index in [2.05, 4.69) is 0 Å². The third kappa shape index (κ3) is 4.66. The van der Waals surface area contributed by atoms with Gasteiger partial charge in [-0.3, -0.25) is 14.5 Å². The van der Waals surface area contributed by atoms with Crippen LogP contribution in [0, 0.1) is 6.92 Å². The first-order valence-electron chi connectivity index (χ1n) is 11.1. The van der Waals surface area contributed by atoms with Gasteiger partial charge in [0.25, 0.3) is 11.7 Å². The lowest BCUT2D eigenvalue weighted by molar-refractivity contribution is -0.132. The monoisotopic (exact) mass is 509 g/mol. The predicted octanol–water partition coefficient (Wildman–Crippen LogP) is 7.06. The van der Waals surface area contributed by atoms with Crippen molar-refractivity contribution in [3.05, 3.63) is 98.5 Å². The summed E-state index contributed by atoms with van der Waals surface area (Å²) >= 11 is 12.4. The van der Waals surface area contributed by atoms with Crippen LogP contribution < -0.4 is 9.64 Å². The lowest BCUT2D eigenvalue weighted by Gasteiger charge is -2.26. The van der Waals surface area contributed by atoms with E-state index in [1.165, 1.54) is 4.90 Å². The minimum absolute atomic E-state index is 0.00318. The van der Waals surface area contributed by atoms with Crippen LogP contribution in [0.3, 0.4) is 0 Å². The van der Waals surface area contributed by atoms with E-state index >= 15 is 0 Å². The molecule has 1 heterocycles. The number of aryl methyl sites for hydroxylation is 1. The first-order valence-corrected chi connectivity index (χ1v) is 11.9. The van der Waals surface area contributed by atoms with E-state index in [1.807, 2.05) is 45.0 Å². The molecule has 0 radical (unpaired) electrons. The van der Waals surface area contributed by atoms with Crippen molar-refractivity contribution in [3.63, 3.8) is 0 Å². The molecule has 0 spiro atoms. The van der Waals surface area contributed by atoms with Crippen LogP contribution in [0.5, 0.6) is 5.75 Å². The van der Waals surface area contributed by atoms with Crippen LogP contribution in [0.4, 0.5) is 5.69 Å². The molecular formula is C28H25Cl2NO4. The number of benzene rings is 3. The highest BCUT2D eigenvalue weighted by atomic mass is 35.5. The zero-order valence-corrected chi connectivity index (χ0v) is 21.3. The Hall–Kier alpha value is -3.28. The fourth-order valence-corrected chi connectivity index (χ4v) is 4.94. The number of aliphatic hydroxyl groups is 1. The number of methoxy groups -OCH3 is 1. The molecule has 3 aromatic carbocycles. The molecule has 1 unspecified atom stereocenters. The molecule has 3 aromatic rings.